The first-order valence-electron chi connectivity index (χ1n) is 6.32. The third-order valence-electron chi connectivity index (χ3n) is 3.08. The summed E-state index contributed by atoms with van der Waals surface area (Å²) in [7, 11) is 3.13. The van der Waals surface area contributed by atoms with Crippen molar-refractivity contribution in [1.82, 2.24) is 4.98 Å². The van der Waals surface area contributed by atoms with Gasteiger partial charge in [0.1, 0.15) is 0 Å². The zero-order valence-electron chi connectivity index (χ0n) is 12.0. The maximum absolute atomic E-state index is 6.19. The minimum absolute atomic E-state index is 0.446. The number of rotatable bonds is 5. The third-order valence-corrected chi connectivity index (χ3v) is 3.64. The van der Waals surface area contributed by atoms with Crippen LogP contribution in [0.1, 0.15) is 11.1 Å². The predicted octanol–water partition coefficient (Wildman–Crippen LogP) is 4.33. The lowest BCUT2D eigenvalue weighted by molar-refractivity contribution is 0.355. The van der Waals surface area contributed by atoms with Gasteiger partial charge in [-0.05, 0) is 36.2 Å². The number of pyridine rings is 1. The number of aryl methyl sites for hydroxylation is 1. The molecule has 1 aromatic carbocycles. The first-order valence-corrected chi connectivity index (χ1v) is 7.07. The summed E-state index contributed by atoms with van der Waals surface area (Å²) in [6.45, 7) is 2.52. The van der Waals surface area contributed by atoms with Crippen molar-refractivity contribution in [3.63, 3.8) is 0 Å². The number of aromatic nitrogens is 1. The van der Waals surface area contributed by atoms with Crippen LogP contribution in [0.3, 0.4) is 0 Å². The van der Waals surface area contributed by atoms with E-state index < -0.39 is 0 Å². The van der Waals surface area contributed by atoms with E-state index in [9.17, 15) is 0 Å². The van der Waals surface area contributed by atoms with Crippen LogP contribution in [-0.2, 0) is 6.54 Å². The van der Waals surface area contributed by atoms with Crippen LogP contribution in [0, 0.1) is 6.92 Å². The first-order chi connectivity index (χ1) is 10.1. The van der Waals surface area contributed by atoms with Gasteiger partial charge in [0.15, 0.2) is 16.7 Å². The van der Waals surface area contributed by atoms with E-state index in [1.807, 2.05) is 25.1 Å². The van der Waals surface area contributed by atoms with E-state index >= 15 is 0 Å². The minimum Gasteiger partial charge on any atom is -0.493 e. The molecule has 0 saturated heterocycles. The second-order valence-corrected chi connectivity index (χ2v) is 5.23. The van der Waals surface area contributed by atoms with Crippen LogP contribution in [0.4, 0.5) is 5.69 Å². The standard InChI is InChI=1S/C15H16Cl2N2O2/c1-9-4-5-18-15(17)13(9)19-8-10-6-11(16)14(21-3)12(7-10)20-2/h4-7,19H,8H2,1-3H3. The average molecular weight is 327 g/mol. The summed E-state index contributed by atoms with van der Waals surface area (Å²) in [5.41, 5.74) is 2.80. The Bertz CT molecular complexity index is 628. The lowest BCUT2D eigenvalue weighted by atomic mass is 10.2. The van der Waals surface area contributed by atoms with Gasteiger partial charge in [0, 0.05) is 12.7 Å². The topological polar surface area (TPSA) is 43.4 Å². The summed E-state index contributed by atoms with van der Waals surface area (Å²) in [4.78, 5) is 4.06. The van der Waals surface area contributed by atoms with Gasteiger partial charge in [-0.15, -0.1) is 0 Å². The van der Waals surface area contributed by atoms with Crippen molar-refractivity contribution in [1.29, 1.82) is 0 Å². The van der Waals surface area contributed by atoms with E-state index in [0.717, 1.165) is 16.8 Å². The van der Waals surface area contributed by atoms with Crippen molar-refractivity contribution in [2.75, 3.05) is 19.5 Å². The summed E-state index contributed by atoms with van der Waals surface area (Å²) >= 11 is 12.3. The van der Waals surface area contributed by atoms with E-state index in [4.69, 9.17) is 32.7 Å². The molecule has 0 atom stereocenters. The molecule has 0 fully saturated rings. The molecule has 1 heterocycles. The van der Waals surface area contributed by atoms with Crippen LogP contribution >= 0.6 is 23.2 Å². The van der Waals surface area contributed by atoms with Gasteiger partial charge in [0.2, 0.25) is 0 Å². The van der Waals surface area contributed by atoms with Crippen LogP contribution in [0.5, 0.6) is 11.5 Å². The zero-order valence-corrected chi connectivity index (χ0v) is 13.5. The number of benzene rings is 1. The molecule has 2 aromatic rings. The predicted molar refractivity (Wildman–Crippen MR) is 85.9 cm³/mol. The lowest BCUT2D eigenvalue weighted by Crippen LogP contribution is -2.03. The van der Waals surface area contributed by atoms with Gasteiger partial charge in [-0.25, -0.2) is 4.98 Å². The van der Waals surface area contributed by atoms with Crippen molar-refractivity contribution in [3.8, 4) is 11.5 Å². The van der Waals surface area contributed by atoms with E-state index in [-0.39, 0.29) is 0 Å². The molecule has 0 bridgehead atoms. The Labute approximate surface area is 134 Å². The molecular weight excluding hydrogens is 311 g/mol. The molecule has 0 spiro atoms. The average Bonchev–Trinajstić information content (AvgIpc) is 2.46. The second-order valence-electron chi connectivity index (χ2n) is 4.46. The summed E-state index contributed by atoms with van der Waals surface area (Å²) in [5.74, 6) is 1.12. The van der Waals surface area contributed by atoms with Crippen LogP contribution in [0.25, 0.3) is 0 Å². The van der Waals surface area contributed by atoms with Crippen LogP contribution in [-0.4, -0.2) is 19.2 Å². The summed E-state index contributed by atoms with van der Waals surface area (Å²) in [5, 5.41) is 4.21. The number of halogens is 2. The number of hydrogen-bond acceptors (Lipinski definition) is 4. The van der Waals surface area contributed by atoms with Crippen molar-refractivity contribution in [2.24, 2.45) is 0 Å². The van der Waals surface area contributed by atoms with E-state index in [0.29, 0.717) is 28.2 Å². The van der Waals surface area contributed by atoms with Crippen molar-refractivity contribution >= 4 is 28.9 Å². The van der Waals surface area contributed by atoms with Crippen LogP contribution in [0.2, 0.25) is 10.2 Å². The summed E-state index contributed by atoms with van der Waals surface area (Å²) < 4.78 is 10.5. The number of methoxy groups -OCH3 is 2. The van der Waals surface area contributed by atoms with Crippen LogP contribution < -0.4 is 14.8 Å². The third kappa shape index (κ3) is 3.52. The quantitative estimate of drug-likeness (QED) is 0.830. The van der Waals surface area contributed by atoms with Gasteiger partial charge in [0.25, 0.3) is 0 Å². The highest BCUT2D eigenvalue weighted by molar-refractivity contribution is 6.32. The maximum Gasteiger partial charge on any atom is 0.179 e. The molecule has 0 radical (unpaired) electrons. The number of hydrogen-bond donors (Lipinski definition) is 1. The summed E-state index contributed by atoms with van der Waals surface area (Å²) in [6.07, 6.45) is 1.68. The molecule has 112 valence electrons. The highest BCUT2D eigenvalue weighted by atomic mass is 35.5. The molecule has 2 rings (SSSR count). The fraction of sp³-hybridized carbons (Fsp3) is 0.267. The minimum atomic E-state index is 0.446. The Morgan fingerprint density at radius 3 is 2.57 bits per heavy atom. The molecule has 4 nitrogen and oxygen atoms in total. The fourth-order valence-corrected chi connectivity index (χ4v) is 2.58. The zero-order chi connectivity index (χ0) is 15.4. The number of ether oxygens (including phenoxy) is 2. The molecule has 1 N–H and O–H groups in total. The lowest BCUT2D eigenvalue weighted by Gasteiger charge is -2.14. The smallest absolute Gasteiger partial charge is 0.179 e. The van der Waals surface area contributed by atoms with E-state index in [2.05, 4.69) is 10.3 Å². The highest BCUT2D eigenvalue weighted by Crippen LogP contribution is 2.36. The largest absolute Gasteiger partial charge is 0.493 e. The van der Waals surface area contributed by atoms with Gasteiger partial charge >= 0.3 is 0 Å². The molecule has 6 heteroatoms. The molecule has 1 aromatic heterocycles. The second kappa shape index (κ2) is 6.87. The SMILES string of the molecule is COc1cc(CNc2c(C)ccnc2Cl)cc(Cl)c1OC. The Kier molecular flexibility index (Phi) is 5.15. The fourth-order valence-electron chi connectivity index (χ4n) is 2.00. The highest BCUT2D eigenvalue weighted by Gasteiger charge is 2.11. The maximum atomic E-state index is 6.19. The van der Waals surface area contributed by atoms with Crippen LogP contribution in [0.15, 0.2) is 24.4 Å². The summed E-state index contributed by atoms with van der Waals surface area (Å²) in [6, 6.07) is 5.60. The van der Waals surface area contributed by atoms with Gasteiger partial charge in [-0.3, -0.25) is 0 Å². The van der Waals surface area contributed by atoms with Crippen molar-refractivity contribution in [2.45, 2.75) is 13.5 Å². The monoisotopic (exact) mass is 326 g/mol. The Morgan fingerprint density at radius 2 is 1.95 bits per heavy atom. The number of anilines is 1. The number of nitrogens with zero attached hydrogens (tertiary/aromatic N) is 1. The van der Waals surface area contributed by atoms with Crippen molar-refractivity contribution in [3.05, 3.63) is 45.7 Å². The molecule has 21 heavy (non-hydrogen) atoms. The normalized spacial score (nSPS) is 10.3. The Balaban J connectivity index is 2.23. The molecular formula is C15H16Cl2N2O2. The number of nitrogens with one attached hydrogen (secondary N) is 1. The molecule has 0 unspecified atom stereocenters. The Morgan fingerprint density at radius 1 is 1.19 bits per heavy atom. The van der Waals surface area contributed by atoms with Crippen molar-refractivity contribution < 1.29 is 9.47 Å². The van der Waals surface area contributed by atoms with Gasteiger partial charge in [-0.1, -0.05) is 23.2 Å². The van der Waals surface area contributed by atoms with Gasteiger partial charge in [0.05, 0.1) is 24.9 Å². The molecule has 0 saturated carbocycles. The van der Waals surface area contributed by atoms with E-state index in [1.54, 1.807) is 20.4 Å². The molecule has 0 aliphatic heterocycles. The van der Waals surface area contributed by atoms with Gasteiger partial charge < -0.3 is 14.8 Å². The Hall–Kier alpha value is -1.65. The van der Waals surface area contributed by atoms with E-state index in [1.165, 1.54) is 0 Å². The molecule has 0 aliphatic carbocycles. The first kappa shape index (κ1) is 15.7. The molecule has 0 amide bonds. The van der Waals surface area contributed by atoms with Gasteiger partial charge in [-0.2, -0.15) is 0 Å². The molecule has 0 aliphatic rings.